The van der Waals surface area contributed by atoms with E-state index in [0.29, 0.717) is 0 Å². The maximum atomic E-state index is 5.73. The van der Waals surface area contributed by atoms with E-state index in [9.17, 15) is 0 Å². The summed E-state index contributed by atoms with van der Waals surface area (Å²) in [5.41, 5.74) is 12.2. The Balaban J connectivity index is 1.35. The number of nitrogens with zero attached hydrogens (tertiary/aromatic N) is 3. The highest BCUT2D eigenvalue weighted by atomic mass is 15.1. The maximum absolute atomic E-state index is 5.73. The van der Waals surface area contributed by atoms with Crippen LogP contribution in [0, 0.1) is 0 Å². The highest BCUT2D eigenvalue weighted by Crippen LogP contribution is 2.48. The fraction of sp³-hybridized carbons (Fsp3) is 0. The second kappa shape index (κ2) is 13.9. The van der Waals surface area contributed by atoms with E-state index in [4.69, 9.17) is 9.97 Å². The Kier molecular flexibility index (Phi) is 8.16. The molecule has 0 bridgehead atoms. The van der Waals surface area contributed by atoms with E-state index in [2.05, 4.69) is 211 Å². The quantitative estimate of drug-likeness (QED) is 0.155. The van der Waals surface area contributed by atoms with Crippen LogP contribution in [0.5, 0.6) is 0 Å². The van der Waals surface area contributed by atoms with Gasteiger partial charge in [-0.1, -0.05) is 170 Å². The molecule has 0 saturated heterocycles. The summed E-state index contributed by atoms with van der Waals surface area (Å²) in [4.78, 5) is 13.5. The molecule has 0 fully saturated rings. The average Bonchev–Trinajstić information content (AvgIpc) is 3.27. The van der Waals surface area contributed by atoms with Gasteiger partial charge in [0.05, 0.1) is 28.3 Å². The van der Waals surface area contributed by atoms with Gasteiger partial charge in [0.15, 0.2) is 0 Å². The van der Waals surface area contributed by atoms with Gasteiger partial charge in [0.1, 0.15) is 0 Å². The third kappa shape index (κ3) is 5.89. The van der Waals surface area contributed by atoms with E-state index < -0.39 is 0 Å². The zero-order valence-electron chi connectivity index (χ0n) is 30.0. The lowest BCUT2D eigenvalue weighted by atomic mass is 9.91. The van der Waals surface area contributed by atoms with Gasteiger partial charge < -0.3 is 4.90 Å². The predicted octanol–water partition coefficient (Wildman–Crippen LogP) is 14.1. The minimum Gasteiger partial charge on any atom is -0.310 e. The number of anilines is 3. The first-order chi connectivity index (χ1) is 27.3. The third-order valence-electron chi connectivity index (χ3n) is 10.4. The monoisotopic (exact) mass is 701 g/mol. The molecular weight excluding hydrogens is 667 g/mol. The Bertz CT molecular complexity index is 2850. The fourth-order valence-electron chi connectivity index (χ4n) is 7.88. The first kappa shape index (κ1) is 32.3. The highest BCUT2D eigenvalue weighted by molar-refractivity contribution is 6.28. The molecule has 0 unspecified atom stereocenters. The van der Waals surface area contributed by atoms with Gasteiger partial charge in [-0.05, 0) is 64.4 Å². The van der Waals surface area contributed by atoms with Crippen molar-refractivity contribution in [2.45, 2.75) is 0 Å². The summed E-state index contributed by atoms with van der Waals surface area (Å²) >= 11 is 0. The van der Waals surface area contributed by atoms with Crippen LogP contribution in [-0.4, -0.2) is 9.97 Å². The molecule has 0 N–H and O–H groups in total. The van der Waals surface area contributed by atoms with Crippen molar-refractivity contribution in [2.24, 2.45) is 0 Å². The van der Waals surface area contributed by atoms with Crippen molar-refractivity contribution in [1.82, 2.24) is 9.97 Å². The molecule has 10 rings (SSSR count). The Morgan fingerprint density at radius 3 is 1.53 bits per heavy atom. The number of benzene rings is 8. The van der Waals surface area contributed by atoms with Crippen molar-refractivity contribution in [3.8, 4) is 44.9 Å². The third-order valence-corrected chi connectivity index (χ3v) is 10.4. The van der Waals surface area contributed by atoms with Crippen LogP contribution in [0.2, 0.25) is 0 Å². The number of fused-ring (bicyclic) bond motifs is 5. The first-order valence-corrected chi connectivity index (χ1v) is 18.7. The molecule has 258 valence electrons. The van der Waals surface area contributed by atoms with Crippen molar-refractivity contribution < 1.29 is 0 Å². The van der Waals surface area contributed by atoms with E-state index in [-0.39, 0.29) is 0 Å². The number of para-hydroxylation sites is 3. The minimum atomic E-state index is 0.882. The van der Waals surface area contributed by atoms with Gasteiger partial charge in [0.25, 0.3) is 0 Å². The Morgan fingerprint density at radius 1 is 0.345 bits per heavy atom. The second-order valence-corrected chi connectivity index (χ2v) is 13.8. The van der Waals surface area contributed by atoms with Crippen LogP contribution in [0.3, 0.4) is 0 Å². The van der Waals surface area contributed by atoms with Gasteiger partial charge >= 0.3 is 0 Å². The SMILES string of the molecule is c1ccc(-c2cc(-c3ccccc3)nc(-c3cccc4c3nc(-c3ccccc3)c3c(N(c5ccccc5)c5ccccc5)cc5ccccc5c34)c2)cc1. The summed E-state index contributed by atoms with van der Waals surface area (Å²) in [5.74, 6) is 0. The van der Waals surface area contributed by atoms with Gasteiger partial charge in [-0.25, -0.2) is 9.97 Å². The normalized spacial score (nSPS) is 11.3. The smallest absolute Gasteiger partial charge is 0.0810 e. The lowest BCUT2D eigenvalue weighted by molar-refractivity contribution is 1.29. The number of hydrogen-bond acceptors (Lipinski definition) is 3. The summed E-state index contributed by atoms with van der Waals surface area (Å²) in [6.07, 6.45) is 0. The molecule has 3 heteroatoms. The second-order valence-electron chi connectivity index (χ2n) is 13.8. The van der Waals surface area contributed by atoms with E-state index in [1.807, 2.05) is 6.07 Å². The molecule has 2 aromatic heterocycles. The van der Waals surface area contributed by atoms with Crippen molar-refractivity contribution >= 4 is 49.5 Å². The Morgan fingerprint density at radius 2 is 0.873 bits per heavy atom. The molecule has 0 atom stereocenters. The number of pyridine rings is 2. The van der Waals surface area contributed by atoms with Crippen molar-refractivity contribution in [1.29, 1.82) is 0 Å². The van der Waals surface area contributed by atoms with E-state index in [0.717, 1.165) is 89.0 Å². The van der Waals surface area contributed by atoms with Gasteiger partial charge in [-0.2, -0.15) is 0 Å². The van der Waals surface area contributed by atoms with E-state index in [1.165, 1.54) is 5.39 Å². The predicted molar refractivity (Wildman–Crippen MR) is 231 cm³/mol. The van der Waals surface area contributed by atoms with E-state index >= 15 is 0 Å². The van der Waals surface area contributed by atoms with Crippen LogP contribution < -0.4 is 4.90 Å². The molecule has 0 radical (unpaired) electrons. The van der Waals surface area contributed by atoms with E-state index in [1.54, 1.807) is 0 Å². The summed E-state index contributed by atoms with van der Waals surface area (Å²) < 4.78 is 0. The zero-order valence-corrected chi connectivity index (χ0v) is 30.0. The van der Waals surface area contributed by atoms with Crippen LogP contribution in [0.1, 0.15) is 0 Å². The zero-order chi connectivity index (χ0) is 36.6. The molecule has 8 aromatic carbocycles. The largest absolute Gasteiger partial charge is 0.310 e. The van der Waals surface area contributed by atoms with Gasteiger partial charge in [-0.15, -0.1) is 0 Å². The van der Waals surface area contributed by atoms with Crippen LogP contribution >= 0.6 is 0 Å². The summed E-state index contributed by atoms with van der Waals surface area (Å²) in [6, 6.07) is 74.9. The molecule has 0 aliphatic carbocycles. The molecule has 0 amide bonds. The van der Waals surface area contributed by atoms with Crippen LogP contribution in [0.4, 0.5) is 17.1 Å². The summed E-state index contributed by atoms with van der Waals surface area (Å²) in [5, 5.41) is 5.69. The molecule has 0 aliphatic heterocycles. The standard InChI is InChI=1S/C52H35N3/c1-6-19-36(20-7-1)40-33-46(37-21-8-2-9-22-37)53-47(34-40)44-31-18-32-45-49-43-30-17-16-25-39(43)35-48(50(49)51(54-52(44)45)38-23-10-3-11-24-38)55(41-26-12-4-13-27-41)42-28-14-5-15-29-42/h1-35H. The average molecular weight is 702 g/mol. The molecule has 2 heterocycles. The van der Waals surface area contributed by atoms with Gasteiger partial charge in [-0.3, -0.25) is 0 Å². The summed E-state index contributed by atoms with van der Waals surface area (Å²) in [6.45, 7) is 0. The lowest BCUT2D eigenvalue weighted by Crippen LogP contribution is -2.11. The Labute approximate surface area is 320 Å². The molecule has 0 saturated carbocycles. The fourth-order valence-corrected chi connectivity index (χ4v) is 7.88. The van der Waals surface area contributed by atoms with Crippen LogP contribution in [-0.2, 0) is 0 Å². The maximum Gasteiger partial charge on any atom is 0.0810 e. The lowest BCUT2D eigenvalue weighted by Gasteiger charge is -2.28. The molecule has 0 aliphatic rings. The molecule has 0 spiro atoms. The Hall–Kier alpha value is -7.36. The van der Waals surface area contributed by atoms with Crippen molar-refractivity contribution in [2.75, 3.05) is 4.90 Å². The molecule has 55 heavy (non-hydrogen) atoms. The van der Waals surface area contributed by atoms with Crippen LogP contribution in [0.25, 0.3) is 77.3 Å². The van der Waals surface area contributed by atoms with Crippen molar-refractivity contribution in [3.05, 3.63) is 212 Å². The number of hydrogen-bond donors (Lipinski definition) is 0. The van der Waals surface area contributed by atoms with Crippen molar-refractivity contribution in [3.63, 3.8) is 0 Å². The topological polar surface area (TPSA) is 29.0 Å². The molecule has 10 aromatic rings. The van der Waals surface area contributed by atoms with Gasteiger partial charge in [0, 0.05) is 44.2 Å². The first-order valence-electron chi connectivity index (χ1n) is 18.7. The van der Waals surface area contributed by atoms with Crippen LogP contribution in [0.15, 0.2) is 212 Å². The molecule has 3 nitrogen and oxygen atoms in total. The number of rotatable bonds is 7. The molecular formula is C52H35N3. The number of aromatic nitrogens is 2. The summed E-state index contributed by atoms with van der Waals surface area (Å²) in [7, 11) is 0. The van der Waals surface area contributed by atoms with Gasteiger partial charge in [0.2, 0.25) is 0 Å². The highest BCUT2D eigenvalue weighted by Gasteiger charge is 2.24. The minimum absolute atomic E-state index is 0.882.